The standard InChI is InChI=1S/C9H14N2O/c1-9(2,12)6-7-3-4-11-8(10)5-7/h3-5,12H,6H2,1-2H3,(H2,10,11). The summed E-state index contributed by atoms with van der Waals surface area (Å²) >= 11 is 0. The summed E-state index contributed by atoms with van der Waals surface area (Å²) < 4.78 is 0. The molecule has 0 aromatic carbocycles. The molecule has 0 saturated carbocycles. The first-order valence-corrected chi connectivity index (χ1v) is 3.90. The van der Waals surface area contributed by atoms with Gasteiger partial charge in [-0.1, -0.05) is 0 Å². The van der Waals surface area contributed by atoms with Gasteiger partial charge in [0.1, 0.15) is 5.82 Å². The molecule has 0 amide bonds. The molecule has 1 heterocycles. The zero-order valence-electron chi connectivity index (χ0n) is 7.41. The third-order valence-corrected chi connectivity index (χ3v) is 1.48. The Hall–Kier alpha value is -1.09. The quantitative estimate of drug-likeness (QED) is 0.688. The lowest BCUT2D eigenvalue weighted by Gasteiger charge is -2.16. The Morgan fingerprint density at radius 2 is 2.25 bits per heavy atom. The molecule has 0 spiro atoms. The molecule has 0 atom stereocenters. The summed E-state index contributed by atoms with van der Waals surface area (Å²) in [5.74, 6) is 0.497. The zero-order valence-corrected chi connectivity index (χ0v) is 7.41. The maximum Gasteiger partial charge on any atom is 0.123 e. The van der Waals surface area contributed by atoms with Crippen LogP contribution in [0.5, 0.6) is 0 Å². The fourth-order valence-electron chi connectivity index (χ4n) is 1.10. The van der Waals surface area contributed by atoms with E-state index in [1.807, 2.05) is 6.07 Å². The molecule has 0 fully saturated rings. The van der Waals surface area contributed by atoms with Gasteiger partial charge in [-0.15, -0.1) is 0 Å². The normalized spacial score (nSPS) is 11.6. The molecule has 0 saturated heterocycles. The van der Waals surface area contributed by atoms with Crippen molar-refractivity contribution in [2.75, 3.05) is 5.73 Å². The number of pyridine rings is 1. The van der Waals surface area contributed by atoms with Crippen LogP contribution in [0.2, 0.25) is 0 Å². The molecule has 0 bridgehead atoms. The van der Waals surface area contributed by atoms with Crippen molar-refractivity contribution in [3.63, 3.8) is 0 Å². The molecular formula is C9H14N2O. The maximum absolute atomic E-state index is 9.50. The number of anilines is 1. The third-order valence-electron chi connectivity index (χ3n) is 1.48. The topological polar surface area (TPSA) is 59.1 Å². The second-order valence-corrected chi connectivity index (χ2v) is 3.58. The Labute approximate surface area is 72.2 Å². The smallest absolute Gasteiger partial charge is 0.123 e. The molecule has 0 aliphatic heterocycles. The highest BCUT2D eigenvalue weighted by Gasteiger charge is 2.13. The van der Waals surface area contributed by atoms with Crippen molar-refractivity contribution in [1.29, 1.82) is 0 Å². The van der Waals surface area contributed by atoms with E-state index in [2.05, 4.69) is 4.98 Å². The van der Waals surface area contributed by atoms with Crippen molar-refractivity contribution in [3.05, 3.63) is 23.9 Å². The number of aromatic nitrogens is 1. The van der Waals surface area contributed by atoms with Crippen LogP contribution in [0.4, 0.5) is 5.82 Å². The van der Waals surface area contributed by atoms with Gasteiger partial charge in [-0.05, 0) is 31.5 Å². The van der Waals surface area contributed by atoms with Crippen LogP contribution in [0.3, 0.4) is 0 Å². The molecular weight excluding hydrogens is 152 g/mol. The zero-order chi connectivity index (χ0) is 9.19. The third kappa shape index (κ3) is 2.88. The van der Waals surface area contributed by atoms with Crippen LogP contribution in [-0.2, 0) is 6.42 Å². The van der Waals surface area contributed by atoms with E-state index in [0.29, 0.717) is 12.2 Å². The lowest BCUT2D eigenvalue weighted by atomic mass is 10.00. The molecule has 1 rings (SSSR count). The van der Waals surface area contributed by atoms with Crippen LogP contribution in [-0.4, -0.2) is 15.7 Å². The van der Waals surface area contributed by atoms with Crippen LogP contribution < -0.4 is 5.73 Å². The average molecular weight is 166 g/mol. The number of nitrogen functional groups attached to an aromatic ring is 1. The minimum absolute atomic E-state index is 0.497. The van der Waals surface area contributed by atoms with Crippen molar-refractivity contribution >= 4 is 5.82 Å². The Kier molecular flexibility index (Phi) is 2.33. The molecule has 1 aromatic rings. The molecule has 66 valence electrons. The van der Waals surface area contributed by atoms with Gasteiger partial charge in [0.25, 0.3) is 0 Å². The van der Waals surface area contributed by atoms with Crippen molar-refractivity contribution in [2.45, 2.75) is 25.9 Å². The van der Waals surface area contributed by atoms with Crippen molar-refractivity contribution in [1.82, 2.24) is 4.98 Å². The van der Waals surface area contributed by atoms with E-state index >= 15 is 0 Å². The Morgan fingerprint density at radius 3 is 2.75 bits per heavy atom. The first-order valence-electron chi connectivity index (χ1n) is 3.90. The van der Waals surface area contributed by atoms with Gasteiger partial charge in [0, 0.05) is 12.6 Å². The van der Waals surface area contributed by atoms with E-state index in [-0.39, 0.29) is 0 Å². The lowest BCUT2D eigenvalue weighted by Crippen LogP contribution is -2.21. The molecule has 3 heteroatoms. The summed E-state index contributed by atoms with van der Waals surface area (Å²) in [4.78, 5) is 3.87. The SMILES string of the molecule is CC(C)(O)Cc1ccnc(N)c1. The summed E-state index contributed by atoms with van der Waals surface area (Å²) in [6, 6.07) is 3.63. The van der Waals surface area contributed by atoms with Crippen LogP contribution in [0.1, 0.15) is 19.4 Å². The fourth-order valence-corrected chi connectivity index (χ4v) is 1.10. The van der Waals surface area contributed by atoms with Gasteiger partial charge in [-0.2, -0.15) is 0 Å². The summed E-state index contributed by atoms with van der Waals surface area (Å²) in [6.45, 7) is 3.53. The van der Waals surface area contributed by atoms with Crippen LogP contribution in [0.25, 0.3) is 0 Å². The molecule has 0 radical (unpaired) electrons. The Morgan fingerprint density at radius 1 is 1.58 bits per heavy atom. The first kappa shape index (κ1) is 9.00. The van der Waals surface area contributed by atoms with E-state index in [1.54, 1.807) is 26.1 Å². The highest BCUT2D eigenvalue weighted by molar-refractivity contribution is 5.32. The maximum atomic E-state index is 9.50. The Balaban J connectivity index is 2.77. The number of hydrogen-bond acceptors (Lipinski definition) is 3. The minimum atomic E-state index is -0.687. The van der Waals surface area contributed by atoms with Crippen molar-refractivity contribution in [2.24, 2.45) is 0 Å². The molecule has 0 aliphatic rings. The molecule has 1 aromatic heterocycles. The summed E-state index contributed by atoms with van der Waals surface area (Å²) in [6.07, 6.45) is 2.25. The van der Waals surface area contributed by atoms with Gasteiger partial charge in [0.2, 0.25) is 0 Å². The summed E-state index contributed by atoms with van der Waals surface area (Å²) in [5, 5.41) is 9.50. The number of aliphatic hydroxyl groups is 1. The molecule has 0 unspecified atom stereocenters. The van der Waals surface area contributed by atoms with E-state index in [0.717, 1.165) is 5.56 Å². The monoisotopic (exact) mass is 166 g/mol. The lowest BCUT2D eigenvalue weighted by molar-refractivity contribution is 0.0810. The summed E-state index contributed by atoms with van der Waals surface area (Å²) in [5.41, 5.74) is 5.81. The van der Waals surface area contributed by atoms with Gasteiger partial charge in [-0.25, -0.2) is 4.98 Å². The minimum Gasteiger partial charge on any atom is -0.390 e. The number of nitrogens with two attached hydrogens (primary N) is 1. The van der Waals surface area contributed by atoms with Gasteiger partial charge < -0.3 is 10.8 Å². The predicted molar refractivity (Wildman–Crippen MR) is 48.7 cm³/mol. The van der Waals surface area contributed by atoms with E-state index < -0.39 is 5.60 Å². The van der Waals surface area contributed by atoms with Gasteiger partial charge in [-0.3, -0.25) is 0 Å². The Bertz CT molecular complexity index is 265. The van der Waals surface area contributed by atoms with Gasteiger partial charge in [0.15, 0.2) is 0 Å². The molecule has 3 N–H and O–H groups in total. The van der Waals surface area contributed by atoms with Crippen molar-refractivity contribution in [3.8, 4) is 0 Å². The van der Waals surface area contributed by atoms with E-state index in [4.69, 9.17) is 5.73 Å². The van der Waals surface area contributed by atoms with Crippen molar-refractivity contribution < 1.29 is 5.11 Å². The van der Waals surface area contributed by atoms with Gasteiger partial charge in [0.05, 0.1) is 5.60 Å². The highest BCUT2D eigenvalue weighted by Crippen LogP contribution is 2.12. The van der Waals surface area contributed by atoms with Gasteiger partial charge >= 0.3 is 0 Å². The van der Waals surface area contributed by atoms with E-state index in [9.17, 15) is 5.11 Å². The molecule has 12 heavy (non-hydrogen) atoms. The number of hydrogen-bond donors (Lipinski definition) is 2. The second kappa shape index (κ2) is 3.11. The van der Waals surface area contributed by atoms with Crippen LogP contribution >= 0.6 is 0 Å². The largest absolute Gasteiger partial charge is 0.390 e. The van der Waals surface area contributed by atoms with E-state index in [1.165, 1.54) is 0 Å². The highest BCUT2D eigenvalue weighted by atomic mass is 16.3. The number of rotatable bonds is 2. The molecule has 3 nitrogen and oxygen atoms in total. The van der Waals surface area contributed by atoms with Crippen LogP contribution in [0, 0.1) is 0 Å². The van der Waals surface area contributed by atoms with Crippen LogP contribution in [0.15, 0.2) is 18.3 Å². The second-order valence-electron chi connectivity index (χ2n) is 3.58. The molecule has 0 aliphatic carbocycles. The average Bonchev–Trinajstić information content (AvgIpc) is 1.82. The fraction of sp³-hybridized carbons (Fsp3) is 0.444. The summed E-state index contributed by atoms with van der Waals surface area (Å²) in [7, 11) is 0. The predicted octanol–water partition coefficient (Wildman–Crippen LogP) is 0.977. The number of nitrogens with zero attached hydrogens (tertiary/aromatic N) is 1. The first-order chi connectivity index (χ1) is 5.47.